The number of hydrogen-bond donors (Lipinski definition) is 2. The van der Waals surface area contributed by atoms with E-state index in [0.29, 0.717) is 13.0 Å². The highest BCUT2D eigenvalue weighted by Gasteiger charge is 2.33. The Balaban J connectivity index is 2.03. The fraction of sp³-hybridized carbons (Fsp3) is 0.385. The van der Waals surface area contributed by atoms with Gasteiger partial charge in [0, 0.05) is 6.54 Å². The molecule has 2 N–H and O–H groups in total. The van der Waals surface area contributed by atoms with Gasteiger partial charge in [-0.3, -0.25) is 4.79 Å². The summed E-state index contributed by atoms with van der Waals surface area (Å²) in [6.45, 7) is 0.508. The van der Waals surface area contributed by atoms with Crippen LogP contribution in [0.1, 0.15) is 18.4 Å². The Morgan fingerprint density at radius 2 is 1.94 bits per heavy atom. The molecule has 1 amide bonds. The zero-order chi connectivity index (χ0) is 13.1. The number of benzene rings is 1. The van der Waals surface area contributed by atoms with Crippen molar-refractivity contribution in [3.05, 3.63) is 29.8 Å². The van der Waals surface area contributed by atoms with Crippen molar-refractivity contribution in [2.45, 2.75) is 25.3 Å². The fourth-order valence-electron chi connectivity index (χ4n) is 2.21. The average molecular weight is 249 g/mol. The highest BCUT2D eigenvalue weighted by molar-refractivity contribution is 5.85. The maximum absolute atomic E-state index is 12.0. The number of phenolic OH excluding ortho intramolecular Hbond substituents is 1. The second kappa shape index (κ2) is 5.08. The van der Waals surface area contributed by atoms with Gasteiger partial charge in [0.25, 0.3) is 0 Å². The lowest BCUT2D eigenvalue weighted by atomic mass is 10.1. The normalized spacial score (nSPS) is 18.9. The van der Waals surface area contributed by atoms with Crippen LogP contribution in [0.3, 0.4) is 0 Å². The lowest BCUT2D eigenvalue weighted by molar-refractivity contribution is -0.148. The number of carboxylic acids is 1. The topological polar surface area (TPSA) is 77.8 Å². The molecule has 1 aliphatic rings. The summed E-state index contributed by atoms with van der Waals surface area (Å²) in [4.78, 5) is 24.4. The maximum Gasteiger partial charge on any atom is 0.326 e. The van der Waals surface area contributed by atoms with E-state index >= 15 is 0 Å². The highest BCUT2D eigenvalue weighted by Crippen LogP contribution is 2.19. The van der Waals surface area contributed by atoms with E-state index in [9.17, 15) is 9.59 Å². The average Bonchev–Trinajstić information content (AvgIpc) is 2.81. The molecule has 2 rings (SSSR count). The monoisotopic (exact) mass is 249 g/mol. The van der Waals surface area contributed by atoms with Gasteiger partial charge in [0.2, 0.25) is 5.91 Å². The van der Waals surface area contributed by atoms with Crippen LogP contribution in [0.5, 0.6) is 5.75 Å². The second-order valence-corrected chi connectivity index (χ2v) is 4.43. The van der Waals surface area contributed by atoms with Gasteiger partial charge in [-0.15, -0.1) is 0 Å². The number of aromatic hydroxyl groups is 1. The molecule has 0 radical (unpaired) electrons. The molecular weight excluding hydrogens is 234 g/mol. The molecule has 1 fully saturated rings. The first kappa shape index (κ1) is 12.4. The smallest absolute Gasteiger partial charge is 0.326 e. The summed E-state index contributed by atoms with van der Waals surface area (Å²) >= 11 is 0. The number of phenols is 1. The molecule has 5 heteroatoms. The minimum atomic E-state index is -0.938. The molecule has 0 aliphatic carbocycles. The SMILES string of the molecule is O=C(O)[C@@H]1CCCN1C(=O)Cc1ccc(O)cc1. The minimum absolute atomic E-state index is 0.149. The molecule has 1 aromatic rings. The number of carboxylic acid groups (broad SMARTS) is 1. The first-order valence-electron chi connectivity index (χ1n) is 5.88. The summed E-state index contributed by atoms with van der Waals surface area (Å²) in [5.74, 6) is -0.965. The summed E-state index contributed by atoms with van der Waals surface area (Å²) in [5, 5.41) is 18.2. The van der Waals surface area contributed by atoms with Crippen molar-refractivity contribution in [1.82, 2.24) is 4.90 Å². The van der Waals surface area contributed by atoms with Crippen LogP contribution in [-0.2, 0) is 16.0 Å². The lowest BCUT2D eigenvalue weighted by Crippen LogP contribution is -2.41. The van der Waals surface area contributed by atoms with Gasteiger partial charge >= 0.3 is 5.97 Å². The van der Waals surface area contributed by atoms with Gasteiger partial charge in [0.05, 0.1) is 6.42 Å². The predicted octanol–water partition coefficient (Wildman–Crippen LogP) is 1.01. The Bertz CT molecular complexity index is 455. The molecule has 0 aromatic heterocycles. The quantitative estimate of drug-likeness (QED) is 0.838. The summed E-state index contributed by atoms with van der Waals surface area (Å²) in [5.41, 5.74) is 0.772. The first-order valence-corrected chi connectivity index (χ1v) is 5.88. The standard InChI is InChI=1S/C13H15NO4/c15-10-5-3-9(4-6-10)8-12(16)14-7-1-2-11(14)13(17)18/h3-6,11,15H,1-2,7-8H2,(H,17,18)/t11-/m0/s1. The Morgan fingerprint density at radius 1 is 1.28 bits per heavy atom. The summed E-state index contributed by atoms with van der Waals surface area (Å²) < 4.78 is 0. The van der Waals surface area contributed by atoms with Gasteiger partial charge in [0.15, 0.2) is 0 Å². The third kappa shape index (κ3) is 2.61. The molecule has 1 aliphatic heterocycles. The summed E-state index contributed by atoms with van der Waals surface area (Å²) in [7, 11) is 0. The maximum atomic E-state index is 12.0. The predicted molar refractivity (Wildman–Crippen MR) is 64.2 cm³/mol. The van der Waals surface area contributed by atoms with Crippen LogP contribution in [0.15, 0.2) is 24.3 Å². The van der Waals surface area contributed by atoms with Gasteiger partial charge in [-0.2, -0.15) is 0 Å². The Morgan fingerprint density at radius 3 is 2.56 bits per heavy atom. The molecule has 18 heavy (non-hydrogen) atoms. The molecular formula is C13H15NO4. The van der Waals surface area contributed by atoms with Gasteiger partial charge < -0.3 is 15.1 Å². The number of nitrogens with zero attached hydrogens (tertiary/aromatic N) is 1. The van der Waals surface area contributed by atoms with E-state index in [1.807, 2.05) is 0 Å². The van der Waals surface area contributed by atoms with Crippen LogP contribution >= 0.6 is 0 Å². The van der Waals surface area contributed by atoms with Gasteiger partial charge in [-0.1, -0.05) is 12.1 Å². The van der Waals surface area contributed by atoms with Gasteiger partial charge in [-0.05, 0) is 30.5 Å². The zero-order valence-electron chi connectivity index (χ0n) is 9.87. The number of carbonyl (C=O) groups excluding carboxylic acids is 1. The Hall–Kier alpha value is -2.04. The largest absolute Gasteiger partial charge is 0.508 e. The van der Waals surface area contributed by atoms with Crippen molar-refractivity contribution >= 4 is 11.9 Å². The molecule has 1 heterocycles. The molecule has 0 saturated carbocycles. The van der Waals surface area contributed by atoms with E-state index in [-0.39, 0.29) is 18.1 Å². The van der Waals surface area contributed by atoms with Crippen molar-refractivity contribution in [1.29, 1.82) is 0 Å². The Kier molecular flexibility index (Phi) is 3.50. The van der Waals surface area contributed by atoms with Crippen LogP contribution in [0, 0.1) is 0 Å². The molecule has 1 aromatic carbocycles. The van der Waals surface area contributed by atoms with Gasteiger partial charge in [-0.25, -0.2) is 4.79 Å². The van der Waals surface area contributed by atoms with Crippen LogP contribution < -0.4 is 0 Å². The number of rotatable bonds is 3. The van der Waals surface area contributed by atoms with E-state index in [2.05, 4.69) is 0 Å². The Labute approximate surface area is 105 Å². The molecule has 1 saturated heterocycles. The number of carbonyl (C=O) groups is 2. The number of likely N-dealkylation sites (tertiary alicyclic amines) is 1. The van der Waals surface area contributed by atoms with Crippen LogP contribution in [0.2, 0.25) is 0 Å². The number of aliphatic carboxylic acids is 1. The van der Waals surface area contributed by atoms with Crippen molar-refractivity contribution in [2.24, 2.45) is 0 Å². The first-order chi connectivity index (χ1) is 8.58. The molecule has 96 valence electrons. The number of hydrogen-bond acceptors (Lipinski definition) is 3. The van der Waals surface area contributed by atoms with E-state index in [1.54, 1.807) is 12.1 Å². The van der Waals surface area contributed by atoms with E-state index in [1.165, 1.54) is 17.0 Å². The van der Waals surface area contributed by atoms with Crippen molar-refractivity contribution in [3.63, 3.8) is 0 Å². The third-order valence-electron chi connectivity index (χ3n) is 3.15. The summed E-state index contributed by atoms with van der Waals surface area (Å²) in [6, 6.07) is 5.68. The van der Waals surface area contributed by atoms with E-state index < -0.39 is 12.0 Å². The van der Waals surface area contributed by atoms with E-state index in [4.69, 9.17) is 10.2 Å². The van der Waals surface area contributed by atoms with Crippen molar-refractivity contribution < 1.29 is 19.8 Å². The van der Waals surface area contributed by atoms with Crippen LogP contribution in [0.25, 0.3) is 0 Å². The third-order valence-corrected chi connectivity index (χ3v) is 3.15. The highest BCUT2D eigenvalue weighted by atomic mass is 16.4. The van der Waals surface area contributed by atoms with Crippen molar-refractivity contribution in [2.75, 3.05) is 6.54 Å². The van der Waals surface area contributed by atoms with E-state index in [0.717, 1.165) is 12.0 Å². The molecule has 0 spiro atoms. The van der Waals surface area contributed by atoms with Crippen LogP contribution in [-0.4, -0.2) is 39.6 Å². The zero-order valence-corrected chi connectivity index (χ0v) is 9.87. The minimum Gasteiger partial charge on any atom is -0.508 e. The number of amides is 1. The second-order valence-electron chi connectivity index (χ2n) is 4.43. The molecule has 1 atom stereocenters. The molecule has 5 nitrogen and oxygen atoms in total. The van der Waals surface area contributed by atoms with Crippen LogP contribution in [0.4, 0.5) is 0 Å². The summed E-state index contributed by atoms with van der Waals surface area (Å²) in [6.07, 6.45) is 1.43. The van der Waals surface area contributed by atoms with Gasteiger partial charge in [0.1, 0.15) is 11.8 Å². The van der Waals surface area contributed by atoms with Crippen molar-refractivity contribution in [3.8, 4) is 5.75 Å². The lowest BCUT2D eigenvalue weighted by Gasteiger charge is -2.21. The molecule has 0 bridgehead atoms. The molecule has 0 unspecified atom stereocenters. The fourth-order valence-corrected chi connectivity index (χ4v) is 2.21.